The summed E-state index contributed by atoms with van der Waals surface area (Å²) in [5, 5.41) is 2.88. The molecule has 0 saturated heterocycles. The fourth-order valence-corrected chi connectivity index (χ4v) is 2.79. The van der Waals surface area contributed by atoms with Crippen molar-refractivity contribution in [2.75, 3.05) is 0 Å². The van der Waals surface area contributed by atoms with Gasteiger partial charge in [-0.15, -0.1) is 0 Å². The molecule has 1 unspecified atom stereocenters. The van der Waals surface area contributed by atoms with E-state index in [1.807, 2.05) is 12.1 Å². The van der Waals surface area contributed by atoms with Gasteiger partial charge >= 0.3 is 0 Å². The van der Waals surface area contributed by atoms with Crippen LogP contribution in [-0.2, 0) is 13.0 Å². The van der Waals surface area contributed by atoms with Crippen molar-refractivity contribution in [3.63, 3.8) is 0 Å². The number of rotatable bonds is 4. The molecular weight excluding hydrogens is 260 g/mol. The predicted molar refractivity (Wildman–Crippen MR) is 85.0 cm³/mol. The van der Waals surface area contributed by atoms with E-state index in [-0.39, 0.29) is 11.9 Å². The van der Waals surface area contributed by atoms with Crippen LogP contribution in [0, 0.1) is 0 Å². The van der Waals surface area contributed by atoms with Crippen LogP contribution in [0.1, 0.15) is 34.8 Å². The van der Waals surface area contributed by atoms with E-state index in [9.17, 15) is 4.79 Å². The number of fused-ring (bicyclic) bond motifs is 1. The van der Waals surface area contributed by atoms with Gasteiger partial charge in [0.1, 0.15) is 0 Å². The highest BCUT2D eigenvalue weighted by atomic mass is 16.1. The third kappa shape index (κ3) is 2.69. The molecule has 0 radical (unpaired) electrons. The number of nitrogens with one attached hydrogen (secondary N) is 1. The Hall–Kier alpha value is -2.13. The van der Waals surface area contributed by atoms with Crippen LogP contribution in [0.5, 0.6) is 0 Å². The van der Waals surface area contributed by atoms with E-state index in [4.69, 9.17) is 5.73 Å². The quantitative estimate of drug-likeness (QED) is 0.904. The van der Waals surface area contributed by atoms with Gasteiger partial charge in [-0.1, -0.05) is 43.3 Å². The van der Waals surface area contributed by atoms with Crippen molar-refractivity contribution in [2.24, 2.45) is 5.73 Å². The molecule has 3 rings (SSSR count). The van der Waals surface area contributed by atoms with Crippen LogP contribution in [0.25, 0.3) is 11.1 Å². The Morgan fingerprint density at radius 1 is 1.14 bits per heavy atom. The molecule has 1 heterocycles. The van der Waals surface area contributed by atoms with Crippen LogP contribution in [0.4, 0.5) is 0 Å². The summed E-state index contributed by atoms with van der Waals surface area (Å²) in [5.74, 6) is 0.0254. The van der Waals surface area contributed by atoms with Crippen molar-refractivity contribution in [1.82, 2.24) is 5.32 Å². The molecule has 1 aliphatic heterocycles. The molecule has 0 aromatic heterocycles. The molecule has 1 atom stereocenters. The Bertz CT molecular complexity index is 661. The standard InChI is InChI=1S/C18H20N2O/c1-2-14(19)10-12-6-8-13(9-7-12)15-4-3-5-16-17(15)11-20-18(16)21/h3-9,14H,2,10-11,19H2,1H3,(H,20,21). The largest absolute Gasteiger partial charge is 0.348 e. The Morgan fingerprint density at radius 2 is 1.86 bits per heavy atom. The molecule has 2 aromatic carbocycles. The van der Waals surface area contributed by atoms with Crippen molar-refractivity contribution < 1.29 is 4.79 Å². The maximum atomic E-state index is 11.7. The second-order valence-electron chi connectivity index (χ2n) is 5.58. The molecule has 0 saturated carbocycles. The van der Waals surface area contributed by atoms with Gasteiger partial charge in [-0.2, -0.15) is 0 Å². The number of carbonyl (C=O) groups excluding carboxylic acids is 1. The maximum absolute atomic E-state index is 11.7. The smallest absolute Gasteiger partial charge is 0.251 e. The van der Waals surface area contributed by atoms with Crippen molar-refractivity contribution in [3.05, 3.63) is 59.2 Å². The first-order valence-corrected chi connectivity index (χ1v) is 7.44. The Balaban J connectivity index is 1.90. The van der Waals surface area contributed by atoms with Crippen molar-refractivity contribution in [2.45, 2.75) is 32.4 Å². The normalized spacial score (nSPS) is 14.7. The second-order valence-corrected chi connectivity index (χ2v) is 5.58. The molecule has 3 nitrogen and oxygen atoms in total. The fourth-order valence-electron chi connectivity index (χ4n) is 2.79. The summed E-state index contributed by atoms with van der Waals surface area (Å²) in [6.07, 6.45) is 1.89. The van der Waals surface area contributed by atoms with Gasteiger partial charge in [-0.25, -0.2) is 0 Å². The van der Waals surface area contributed by atoms with Crippen LogP contribution in [0.3, 0.4) is 0 Å². The Kier molecular flexibility index (Phi) is 3.76. The highest BCUT2D eigenvalue weighted by Gasteiger charge is 2.21. The van der Waals surface area contributed by atoms with Gasteiger partial charge in [-0.05, 0) is 41.2 Å². The first-order chi connectivity index (χ1) is 10.2. The summed E-state index contributed by atoms with van der Waals surface area (Å²) < 4.78 is 0. The van der Waals surface area contributed by atoms with Crippen LogP contribution in [-0.4, -0.2) is 11.9 Å². The maximum Gasteiger partial charge on any atom is 0.251 e. The van der Waals surface area contributed by atoms with E-state index >= 15 is 0 Å². The van der Waals surface area contributed by atoms with Crippen LogP contribution in [0.15, 0.2) is 42.5 Å². The van der Waals surface area contributed by atoms with E-state index in [0.717, 1.165) is 35.1 Å². The predicted octanol–water partition coefficient (Wildman–Crippen LogP) is 2.88. The minimum atomic E-state index is 0.0254. The van der Waals surface area contributed by atoms with E-state index in [1.165, 1.54) is 5.56 Å². The summed E-state index contributed by atoms with van der Waals surface area (Å²) in [7, 11) is 0. The summed E-state index contributed by atoms with van der Waals surface area (Å²) in [5.41, 5.74) is 11.4. The zero-order valence-electron chi connectivity index (χ0n) is 12.2. The SMILES string of the molecule is CCC(N)Cc1ccc(-c2cccc3c2CNC3=O)cc1. The van der Waals surface area contributed by atoms with E-state index in [0.29, 0.717) is 6.54 Å². The molecule has 3 heteroatoms. The van der Waals surface area contributed by atoms with Gasteiger partial charge in [0.15, 0.2) is 0 Å². The lowest BCUT2D eigenvalue weighted by atomic mass is 9.95. The lowest BCUT2D eigenvalue weighted by Gasteiger charge is -2.11. The number of hydrogen-bond donors (Lipinski definition) is 2. The summed E-state index contributed by atoms with van der Waals surface area (Å²) >= 11 is 0. The molecule has 0 fully saturated rings. The minimum absolute atomic E-state index is 0.0254. The van der Waals surface area contributed by atoms with Gasteiger partial charge in [0, 0.05) is 18.2 Å². The minimum Gasteiger partial charge on any atom is -0.348 e. The monoisotopic (exact) mass is 280 g/mol. The van der Waals surface area contributed by atoms with Gasteiger partial charge in [-0.3, -0.25) is 4.79 Å². The highest BCUT2D eigenvalue weighted by Crippen LogP contribution is 2.29. The summed E-state index contributed by atoms with van der Waals surface area (Å²) in [6.45, 7) is 2.73. The zero-order chi connectivity index (χ0) is 14.8. The average Bonchev–Trinajstić information content (AvgIpc) is 2.90. The second kappa shape index (κ2) is 5.70. The van der Waals surface area contributed by atoms with Gasteiger partial charge in [0.25, 0.3) is 5.91 Å². The van der Waals surface area contributed by atoms with Gasteiger partial charge in [0.2, 0.25) is 0 Å². The van der Waals surface area contributed by atoms with E-state index in [1.54, 1.807) is 0 Å². The molecular formula is C18H20N2O. The van der Waals surface area contributed by atoms with Crippen LogP contribution >= 0.6 is 0 Å². The molecule has 1 aliphatic rings. The zero-order valence-corrected chi connectivity index (χ0v) is 12.2. The number of carbonyl (C=O) groups is 1. The van der Waals surface area contributed by atoms with Crippen molar-refractivity contribution in [1.29, 1.82) is 0 Å². The highest BCUT2D eigenvalue weighted by molar-refractivity contribution is 6.00. The first kappa shape index (κ1) is 13.8. The van der Waals surface area contributed by atoms with Gasteiger partial charge < -0.3 is 11.1 Å². The van der Waals surface area contributed by atoms with Crippen molar-refractivity contribution >= 4 is 5.91 Å². The third-order valence-electron chi connectivity index (χ3n) is 4.13. The Labute approximate surface area is 125 Å². The summed E-state index contributed by atoms with van der Waals surface area (Å²) in [6, 6.07) is 14.6. The summed E-state index contributed by atoms with van der Waals surface area (Å²) in [4.78, 5) is 11.7. The number of amides is 1. The van der Waals surface area contributed by atoms with E-state index in [2.05, 4.69) is 42.6 Å². The number of benzene rings is 2. The molecule has 108 valence electrons. The number of nitrogens with two attached hydrogens (primary N) is 1. The molecule has 0 aliphatic carbocycles. The Morgan fingerprint density at radius 3 is 2.57 bits per heavy atom. The molecule has 21 heavy (non-hydrogen) atoms. The fraction of sp³-hybridized carbons (Fsp3) is 0.278. The molecule has 2 aromatic rings. The van der Waals surface area contributed by atoms with Crippen molar-refractivity contribution in [3.8, 4) is 11.1 Å². The molecule has 0 bridgehead atoms. The molecule has 1 amide bonds. The first-order valence-electron chi connectivity index (χ1n) is 7.44. The lowest BCUT2D eigenvalue weighted by molar-refractivity contribution is 0.0966. The lowest BCUT2D eigenvalue weighted by Crippen LogP contribution is -2.21. The molecule has 3 N–H and O–H groups in total. The average molecular weight is 280 g/mol. The van der Waals surface area contributed by atoms with Gasteiger partial charge in [0.05, 0.1) is 0 Å². The van der Waals surface area contributed by atoms with Crippen LogP contribution in [0.2, 0.25) is 0 Å². The topological polar surface area (TPSA) is 55.1 Å². The molecule has 0 spiro atoms. The third-order valence-corrected chi connectivity index (χ3v) is 4.13. The van der Waals surface area contributed by atoms with E-state index < -0.39 is 0 Å². The van der Waals surface area contributed by atoms with Crippen LogP contribution < -0.4 is 11.1 Å². The number of hydrogen-bond acceptors (Lipinski definition) is 2.